The summed E-state index contributed by atoms with van der Waals surface area (Å²) in [6.45, 7) is 7.25. The monoisotopic (exact) mass is 314 g/mol. The number of fused-ring (bicyclic) bond motifs is 1. The number of pyridine rings is 1. The summed E-state index contributed by atoms with van der Waals surface area (Å²) in [4.78, 5) is 18.8. The Kier molecular flexibility index (Phi) is 4.32. The highest BCUT2D eigenvalue weighted by molar-refractivity contribution is 6.07. The lowest BCUT2D eigenvalue weighted by Crippen LogP contribution is -2.38. The Hall–Kier alpha value is -2.37. The van der Waals surface area contributed by atoms with Crippen molar-refractivity contribution in [1.82, 2.24) is 14.8 Å². The van der Waals surface area contributed by atoms with Crippen molar-refractivity contribution >= 4 is 11.6 Å². The molecule has 0 atom stereocenters. The van der Waals surface area contributed by atoms with E-state index in [1.165, 1.54) is 0 Å². The fourth-order valence-electron chi connectivity index (χ4n) is 3.06. The van der Waals surface area contributed by atoms with E-state index in [9.17, 15) is 4.79 Å². The number of carbonyl (C=O) groups is 1. The molecule has 1 aliphatic rings. The molecule has 0 aliphatic carbocycles. The molecule has 2 aromatic heterocycles. The predicted molar refractivity (Wildman–Crippen MR) is 88.0 cm³/mol. The van der Waals surface area contributed by atoms with Gasteiger partial charge in [0.1, 0.15) is 18.0 Å². The summed E-state index contributed by atoms with van der Waals surface area (Å²) < 4.78 is 7.56. The van der Waals surface area contributed by atoms with Crippen molar-refractivity contribution in [2.75, 3.05) is 18.1 Å². The highest BCUT2D eigenvalue weighted by Crippen LogP contribution is 2.31. The van der Waals surface area contributed by atoms with Gasteiger partial charge in [-0.05, 0) is 19.8 Å². The number of rotatable bonds is 4. The molecule has 23 heavy (non-hydrogen) atoms. The van der Waals surface area contributed by atoms with Crippen LogP contribution >= 0.6 is 0 Å². The van der Waals surface area contributed by atoms with Gasteiger partial charge in [-0.15, -0.1) is 0 Å². The third-order valence-electron chi connectivity index (χ3n) is 4.43. The maximum Gasteiger partial charge on any atom is 0.262 e. The van der Waals surface area contributed by atoms with E-state index in [0.717, 1.165) is 24.2 Å². The fourth-order valence-corrected chi connectivity index (χ4v) is 3.06. The molecule has 0 spiro atoms. The largest absolute Gasteiger partial charge is 0.489 e. The first-order valence-electron chi connectivity index (χ1n) is 8.10. The van der Waals surface area contributed by atoms with Gasteiger partial charge >= 0.3 is 0 Å². The van der Waals surface area contributed by atoms with Crippen LogP contribution in [0.2, 0.25) is 0 Å². The van der Waals surface area contributed by atoms with E-state index in [1.54, 1.807) is 29.6 Å². The highest BCUT2D eigenvalue weighted by atomic mass is 16.5. The first kappa shape index (κ1) is 15.5. The first-order chi connectivity index (χ1) is 11.2. The lowest BCUT2D eigenvalue weighted by molar-refractivity contribution is 0.0975. The molecule has 1 aliphatic heterocycles. The molecular formula is C17H22N4O2. The number of aromatic nitrogens is 3. The third-order valence-corrected chi connectivity index (χ3v) is 4.43. The number of ether oxygens (including phenoxy) is 1. The van der Waals surface area contributed by atoms with Gasteiger partial charge in [0.2, 0.25) is 0 Å². The lowest BCUT2D eigenvalue weighted by atomic mass is 10.1. The predicted octanol–water partition coefficient (Wildman–Crippen LogP) is 2.99. The Labute approximate surface area is 136 Å². The van der Waals surface area contributed by atoms with Gasteiger partial charge in [-0.1, -0.05) is 13.8 Å². The summed E-state index contributed by atoms with van der Waals surface area (Å²) in [6, 6.07) is 2.12. The van der Waals surface area contributed by atoms with Crippen molar-refractivity contribution in [1.29, 1.82) is 0 Å². The van der Waals surface area contributed by atoms with Crippen LogP contribution < -0.4 is 9.64 Å². The standard InChI is InChI=1S/C17H22N4O2/c1-4-13(5-2)21-12(3)14(10-19-21)17(22)20-8-9-23-16-6-7-18-11-15(16)20/h6-7,10-11,13H,4-5,8-9H2,1-3H3. The summed E-state index contributed by atoms with van der Waals surface area (Å²) in [5.41, 5.74) is 2.28. The van der Waals surface area contributed by atoms with Gasteiger partial charge in [-0.3, -0.25) is 14.5 Å². The van der Waals surface area contributed by atoms with Gasteiger partial charge in [0.15, 0.2) is 0 Å². The van der Waals surface area contributed by atoms with Crippen LogP contribution in [0.25, 0.3) is 0 Å². The van der Waals surface area contributed by atoms with Crippen LogP contribution in [0.4, 0.5) is 5.69 Å². The zero-order valence-corrected chi connectivity index (χ0v) is 13.8. The van der Waals surface area contributed by atoms with Gasteiger partial charge in [-0.2, -0.15) is 5.10 Å². The van der Waals surface area contributed by atoms with E-state index in [2.05, 4.69) is 23.9 Å². The molecule has 0 saturated heterocycles. The molecule has 3 rings (SSSR count). The molecule has 0 aromatic carbocycles. The summed E-state index contributed by atoms with van der Waals surface area (Å²) in [5.74, 6) is 0.655. The van der Waals surface area contributed by atoms with E-state index < -0.39 is 0 Å². The molecule has 2 aromatic rings. The van der Waals surface area contributed by atoms with Gasteiger partial charge in [0.25, 0.3) is 5.91 Å². The molecular weight excluding hydrogens is 292 g/mol. The van der Waals surface area contributed by atoms with Crippen molar-refractivity contribution in [3.05, 3.63) is 35.9 Å². The molecule has 6 nitrogen and oxygen atoms in total. The van der Waals surface area contributed by atoms with Crippen LogP contribution in [-0.4, -0.2) is 33.8 Å². The van der Waals surface area contributed by atoms with Crippen LogP contribution in [0.15, 0.2) is 24.7 Å². The highest BCUT2D eigenvalue weighted by Gasteiger charge is 2.28. The maximum atomic E-state index is 13.0. The number of hydrogen-bond acceptors (Lipinski definition) is 4. The van der Waals surface area contributed by atoms with Crippen LogP contribution in [-0.2, 0) is 0 Å². The van der Waals surface area contributed by atoms with Gasteiger partial charge < -0.3 is 9.64 Å². The summed E-state index contributed by atoms with van der Waals surface area (Å²) in [7, 11) is 0. The number of hydrogen-bond donors (Lipinski definition) is 0. The SMILES string of the molecule is CCC(CC)n1ncc(C(=O)N2CCOc3ccncc32)c1C. The van der Waals surface area contributed by atoms with Crippen molar-refractivity contribution in [2.24, 2.45) is 0 Å². The number of amides is 1. The molecule has 0 unspecified atom stereocenters. The normalized spacial score (nSPS) is 13.8. The Morgan fingerprint density at radius 3 is 2.87 bits per heavy atom. The Morgan fingerprint density at radius 1 is 1.35 bits per heavy atom. The second kappa shape index (κ2) is 6.40. The molecule has 6 heteroatoms. The minimum Gasteiger partial charge on any atom is -0.489 e. The Morgan fingerprint density at radius 2 is 2.13 bits per heavy atom. The van der Waals surface area contributed by atoms with E-state index in [4.69, 9.17) is 4.74 Å². The smallest absolute Gasteiger partial charge is 0.262 e. The topological polar surface area (TPSA) is 60.2 Å². The van der Waals surface area contributed by atoms with E-state index in [0.29, 0.717) is 30.5 Å². The molecule has 0 N–H and O–H groups in total. The van der Waals surface area contributed by atoms with E-state index in [1.807, 2.05) is 11.6 Å². The first-order valence-corrected chi connectivity index (χ1v) is 8.10. The van der Waals surface area contributed by atoms with E-state index in [-0.39, 0.29) is 5.91 Å². The lowest BCUT2D eigenvalue weighted by Gasteiger charge is -2.29. The summed E-state index contributed by atoms with van der Waals surface area (Å²) in [5, 5.41) is 4.45. The molecule has 0 saturated carbocycles. The van der Waals surface area contributed by atoms with Crippen molar-refractivity contribution in [2.45, 2.75) is 39.7 Å². The van der Waals surface area contributed by atoms with Crippen molar-refractivity contribution in [3.8, 4) is 5.75 Å². The van der Waals surface area contributed by atoms with Gasteiger partial charge in [0, 0.05) is 18.0 Å². The van der Waals surface area contributed by atoms with E-state index >= 15 is 0 Å². The Balaban J connectivity index is 1.93. The third kappa shape index (κ3) is 2.69. The average Bonchev–Trinajstić information content (AvgIpc) is 2.97. The van der Waals surface area contributed by atoms with Crippen molar-refractivity contribution < 1.29 is 9.53 Å². The number of carbonyl (C=O) groups excluding carboxylic acids is 1. The summed E-state index contributed by atoms with van der Waals surface area (Å²) >= 11 is 0. The fraction of sp³-hybridized carbons (Fsp3) is 0.471. The minimum atomic E-state index is -0.0442. The minimum absolute atomic E-state index is 0.0442. The molecule has 1 amide bonds. The molecule has 3 heterocycles. The van der Waals surface area contributed by atoms with Gasteiger partial charge in [-0.25, -0.2) is 0 Å². The average molecular weight is 314 g/mol. The quantitative estimate of drug-likeness (QED) is 0.870. The zero-order valence-electron chi connectivity index (χ0n) is 13.8. The molecule has 0 radical (unpaired) electrons. The van der Waals surface area contributed by atoms with Gasteiger partial charge in [0.05, 0.1) is 30.5 Å². The second-order valence-electron chi connectivity index (χ2n) is 5.71. The van der Waals surface area contributed by atoms with Crippen LogP contribution in [0.3, 0.4) is 0 Å². The summed E-state index contributed by atoms with van der Waals surface area (Å²) in [6.07, 6.45) is 7.02. The van der Waals surface area contributed by atoms with Crippen molar-refractivity contribution in [3.63, 3.8) is 0 Å². The van der Waals surface area contributed by atoms with Crippen LogP contribution in [0.1, 0.15) is 48.8 Å². The number of nitrogens with zero attached hydrogens (tertiary/aromatic N) is 4. The van der Waals surface area contributed by atoms with Crippen LogP contribution in [0, 0.1) is 6.92 Å². The second-order valence-corrected chi connectivity index (χ2v) is 5.71. The number of anilines is 1. The molecule has 122 valence electrons. The maximum absolute atomic E-state index is 13.0. The Bertz CT molecular complexity index is 706. The zero-order chi connectivity index (χ0) is 16.4. The molecule has 0 bridgehead atoms. The molecule has 0 fully saturated rings. The van der Waals surface area contributed by atoms with Crippen LogP contribution in [0.5, 0.6) is 5.75 Å².